The van der Waals surface area contributed by atoms with E-state index in [0.717, 1.165) is 21.6 Å². The van der Waals surface area contributed by atoms with Crippen molar-refractivity contribution in [1.82, 2.24) is 20.6 Å². The number of nitrogens with zero attached hydrogens (tertiary/aromatic N) is 5. The molecule has 2 aromatic carbocycles. The standard InChI is InChI=1S/C36H39ClN10O4S2/c1-20(2)30(35(49)50)46-32(48)28(4-3-13-44-36(41)42)43-14-15-51-25-11-7-21(8-12-25)29-26(16-38)31(40)47-34(27(29)17-39)53-19-24-18-52-33(45-24)22-5-9-23(37)10-6-22/h5-12,18,20,28,30,43H,3-4,13-15,19H2,1-2H3,(H2,40,47)(H,46,48)(H,49,50)(H4,41,42,44)/t28-,30-/m0/s1/i/hD. The molecule has 53 heavy (non-hydrogen) atoms. The minimum atomic E-state index is -1.17. The Kier molecular flexibility index (Phi) is 14.2. The molecule has 0 fully saturated rings. The molecule has 2 atom stereocenters. The Morgan fingerprint density at radius 2 is 1.77 bits per heavy atom. The van der Waals surface area contributed by atoms with Gasteiger partial charge in [0.2, 0.25) is 5.91 Å². The Bertz CT molecular complexity index is 2050. The van der Waals surface area contributed by atoms with Crippen molar-refractivity contribution >= 4 is 58.4 Å². The van der Waals surface area contributed by atoms with Crippen LogP contribution in [0.25, 0.3) is 21.7 Å². The number of carbonyl (C=O) groups excluding carboxylic acids is 1. The molecular weight excluding hydrogens is 736 g/mol. The number of halogens is 1. The van der Waals surface area contributed by atoms with Gasteiger partial charge in [0.1, 0.15) is 53.4 Å². The van der Waals surface area contributed by atoms with Crippen LogP contribution >= 0.6 is 34.7 Å². The fourth-order valence-corrected chi connectivity index (χ4v) is 7.03. The number of rotatable bonds is 18. The van der Waals surface area contributed by atoms with E-state index in [-0.39, 0.29) is 54.9 Å². The number of anilines is 1. The van der Waals surface area contributed by atoms with Gasteiger partial charge in [-0.1, -0.05) is 61.5 Å². The first-order valence-corrected chi connectivity index (χ1v) is 18.6. The van der Waals surface area contributed by atoms with Gasteiger partial charge in [0.05, 0.1) is 17.3 Å². The number of ether oxygens (including phenoxy) is 1. The predicted molar refractivity (Wildman–Crippen MR) is 207 cm³/mol. The number of hydrogen-bond acceptors (Lipinski definition) is 12. The maximum absolute atomic E-state index is 13.1. The molecule has 0 aliphatic carbocycles. The molecule has 1 amide bonds. The fourth-order valence-electron chi connectivity index (χ4n) is 5.08. The van der Waals surface area contributed by atoms with Gasteiger partial charge >= 0.3 is 5.97 Å². The van der Waals surface area contributed by atoms with Crippen molar-refractivity contribution in [2.45, 2.75) is 49.6 Å². The molecule has 0 spiro atoms. The lowest BCUT2D eigenvalue weighted by atomic mass is 9.97. The molecule has 9 N–H and O–H groups in total. The number of aliphatic imine (C=N–C) groups is 1. The number of hydrogen-bond donors (Lipinski definition) is 6. The van der Waals surface area contributed by atoms with Crippen LogP contribution in [-0.4, -0.2) is 64.7 Å². The summed E-state index contributed by atoms with van der Waals surface area (Å²) in [5, 5.41) is 37.1. The zero-order valence-electron chi connectivity index (χ0n) is 30.0. The molecule has 4 rings (SSSR count). The molecule has 0 radical (unpaired) electrons. The Morgan fingerprint density at radius 1 is 1.09 bits per heavy atom. The van der Waals surface area contributed by atoms with Gasteiger partial charge in [-0.05, 0) is 48.6 Å². The van der Waals surface area contributed by atoms with Gasteiger partial charge in [-0.3, -0.25) is 9.79 Å². The van der Waals surface area contributed by atoms with Crippen molar-refractivity contribution in [2.24, 2.45) is 22.4 Å². The van der Waals surface area contributed by atoms with Gasteiger partial charge in [0, 0.05) is 40.4 Å². The van der Waals surface area contributed by atoms with Crippen molar-refractivity contribution in [3.8, 4) is 39.6 Å². The number of guanidine groups is 1. The molecule has 0 saturated carbocycles. The van der Waals surface area contributed by atoms with Gasteiger partial charge in [-0.2, -0.15) is 10.5 Å². The molecule has 0 aliphatic rings. The van der Waals surface area contributed by atoms with E-state index in [1.165, 1.54) is 23.1 Å². The third kappa shape index (κ3) is 11.3. The molecule has 14 nitrogen and oxygen atoms in total. The summed E-state index contributed by atoms with van der Waals surface area (Å²) in [5.41, 5.74) is 19.9. The minimum absolute atomic E-state index is 0.000360. The van der Waals surface area contributed by atoms with E-state index in [1.807, 2.05) is 17.5 Å². The molecule has 0 aliphatic heterocycles. The molecule has 276 valence electrons. The van der Waals surface area contributed by atoms with Crippen LogP contribution in [-0.2, 0) is 15.3 Å². The number of nitrogens with two attached hydrogens (primary N) is 3. The summed E-state index contributed by atoms with van der Waals surface area (Å²) in [6.45, 7) is 3.60. The quantitative estimate of drug-likeness (QED) is 0.0346. The topological polar surface area (TPSA) is 251 Å². The first kappa shape index (κ1) is 38.8. The SMILES string of the molecule is [2H]N(CCOc1ccc(-c2c(C#N)c(N)nc(SCc3csc(-c4ccc(Cl)cc4)n3)c2C#N)cc1)[C@@H](CCCN=C(N)N)C(=O)N[C@H](C(=O)O)C(C)C. The summed E-state index contributed by atoms with van der Waals surface area (Å²) >= 11 is 8.79. The number of carboxylic acids is 1. The predicted octanol–water partition coefficient (Wildman–Crippen LogP) is 4.76. The number of carboxylic acid groups (broad SMARTS) is 1. The van der Waals surface area contributed by atoms with Gasteiger partial charge in [0.15, 0.2) is 5.96 Å². The molecule has 2 aromatic heterocycles. The zero-order chi connectivity index (χ0) is 39.4. The van der Waals surface area contributed by atoms with Crippen molar-refractivity contribution in [3.05, 3.63) is 75.8 Å². The normalized spacial score (nSPS) is 12.3. The van der Waals surface area contributed by atoms with Crippen LogP contribution in [0.2, 0.25) is 6.43 Å². The first-order chi connectivity index (χ1) is 25.8. The van der Waals surface area contributed by atoms with E-state index < -0.39 is 24.0 Å². The number of nitrogens with one attached hydrogen (secondary N) is 2. The van der Waals surface area contributed by atoms with Gasteiger partial charge in [-0.15, -0.1) is 11.3 Å². The maximum atomic E-state index is 13.1. The number of nitrogen functional groups attached to an aromatic ring is 1. The number of thiazole rings is 1. The van der Waals surface area contributed by atoms with Crippen LogP contribution in [0, 0.1) is 28.6 Å². The van der Waals surface area contributed by atoms with Crippen LogP contribution in [0.15, 0.2) is 63.9 Å². The van der Waals surface area contributed by atoms with E-state index in [0.29, 0.717) is 39.1 Å². The van der Waals surface area contributed by atoms with E-state index in [4.69, 9.17) is 39.9 Å². The Balaban J connectivity index is 1.45. The number of benzene rings is 2. The van der Waals surface area contributed by atoms with Crippen molar-refractivity contribution < 1.29 is 20.8 Å². The summed E-state index contributed by atoms with van der Waals surface area (Å²) in [4.78, 5) is 37.8. The minimum Gasteiger partial charge on any atom is -0.492 e. The monoisotopic (exact) mass is 775 g/mol. The molecule has 4 aromatic rings. The smallest absolute Gasteiger partial charge is 0.326 e. The van der Waals surface area contributed by atoms with Crippen LogP contribution in [0.4, 0.5) is 5.82 Å². The van der Waals surface area contributed by atoms with Crippen molar-refractivity contribution in [3.63, 3.8) is 0 Å². The highest BCUT2D eigenvalue weighted by atomic mass is 35.5. The van der Waals surface area contributed by atoms with E-state index in [2.05, 4.69) is 27.4 Å². The summed E-state index contributed by atoms with van der Waals surface area (Å²) in [6.07, 6.45) is 0.565. The van der Waals surface area contributed by atoms with Crippen LogP contribution in [0.1, 0.15) is 43.5 Å². The summed E-state index contributed by atoms with van der Waals surface area (Å²) in [7, 11) is 0. The number of pyridine rings is 1. The highest BCUT2D eigenvalue weighted by Gasteiger charge is 2.27. The maximum Gasteiger partial charge on any atom is 0.326 e. The molecule has 0 bridgehead atoms. The van der Waals surface area contributed by atoms with Crippen LogP contribution < -0.4 is 32.6 Å². The third-order valence-corrected chi connectivity index (χ3v) is 9.93. The van der Waals surface area contributed by atoms with Gasteiger partial charge in [0.25, 0.3) is 0 Å². The molecule has 0 unspecified atom stereocenters. The highest BCUT2D eigenvalue weighted by molar-refractivity contribution is 7.98. The van der Waals surface area contributed by atoms with Gasteiger partial charge < -0.3 is 37.7 Å². The lowest BCUT2D eigenvalue weighted by Gasteiger charge is -2.23. The second kappa shape index (κ2) is 19.4. The molecule has 2 heterocycles. The second-order valence-electron chi connectivity index (χ2n) is 11.9. The van der Waals surface area contributed by atoms with Crippen LogP contribution in [0.3, 0.4) is 0 Å². The molecule has 17 heteroatoms. The van der Waals surface area contributed by atoms with E-state index in [9.17, 15) is 25.2 Å². The number of thioether (sulfide) groups is 1. The van der Waals surface area contributed by atoms with Crippen LogP contribution in [0.5, 0.6) is 5.75 Å². The second-order valence-corrected chi connectivity index (χ2v) is 14.2. The number of aliphatic carboxylic acids is 1. The van der Waals surface area contributed by atoms with E-state index in [1.54, 1.807) is 50.2 Å². The molecule has 0 saturated heterocycles. The fraction of sp³-hybridized carbons (Fsp3) is 0.306. The lowest BCUT2D eigenvalue weighted by molar-refractivity contribution is -0.143. The number of aromatic nitrogens is 2. The van der Waals surface area contributed by atoms with Crippen molar-refractivity contribution in [1.29, 1.82) is 10.5 Å². The average Bonchev–Trinajstić information content (AvgIpc) is 3.61. The Morgan fingerprint density at radius 3 is 2.40 bits per heavy atom. The van der Waals surface area contributed by atoms with E-state index >= 15 is 0 Å². The largest absolute Gasteiger partial charge is 0.492 e. The summed E-state index contributed by atoms with van der Waals surface area (Å²) in [6, 6.07) is 16.2. The lowest BCUT2D eigenvalue weighted by Crippen LogP contribution is -2.52. The summed E-state index contributed by atoms with van der Waals surface area (Å²) < 4.78 is 14.5. The summed E-state index contributed by atoms with van der Waals surface area (Å²) in [5.74, 6) is -1.42. The van der Waals surface area contributed by atoms with Gasteiger partial charge in [-0.25, -0.2) is 14.8 Å². The first-order valence-electron chi connectivity index (χ1n) is 16.8. The highest BCUT2D eigenvalue weighted by Crippen LogP contribution is 2.37. The zero-order valence-corrected chi connectivity index (χ0v) is 31.3. The van der Waals surface area contributed by atoms with Crippen molar-refractivity contribution in [2.75, 3.05) is 25.4 Å². The molecular formula is C36H39ClN10O4S2. The average molecular weight is 776 g/mol. The third-order valence-electron chi connectivity index (χ3n) is 7.73. The number of amides is 1. The Hall–Kier alpha value is -5.39. The number of carbonyl (C=O) groups is 2. The number of nitriles is 2. The Labute approximate surface area is 321 Å².